The predicted octanol–water partition coefficient (Wildman–Crippen LogP) is 4.10. The van der Waals surface area contributed by atoms with Crippen molar-refractivity contribution in [3.05, 3.63) is 64.5 Å². The van der Waals surface area contributed by atoms with Crippen LogP contribution in [-0.2, 0) is 12.8 Å². The Bertz CT molecular complexity index is 928. The molecule has 0 radical (unpaired) electrons. The summed E-state index contributed by atoms with van der Waals surface area (Å²) in [4.78, 5) is 13.1. The highest BCUT2D eigenvalue weighted by Gasteiger charge is 2.35. The minimum atomic E-state index is -1.03. The van der Waals surface area contributed by atoms with Gasteiger partial charge in [-0.2, -0.15) is 0 Å². The molecule has 1 aliphatic rings. The van der Waals surface area contributed by atoms with E-state index in [4.69, 9.17) is 0 Å². The second-order valence-electron chi connectivity index (χ2n) is 6.55. The lowest BCUT2D eigenvalue weighted by molar-refractivity contribution is 0.0196. The van der Waals surface area contributed by atoms with E-state index < -0.39 is 5.60 Å². The lowest BCUT2D eigenvalue weighted by Gasteiger charge is -2.33. The van der Waals surface area contributed by atoms with Crippen molar-refractivity contribution in [2.45, 2.75) is 31.3 Å². The summed E-state index contributed by atoms with van der Waals surface area (Å²) >= 11 is 1.29. The molecule has 1 aromatic heterocycles. The molecule has 0 saturated carbocycles. The van der Waals surface area contributed by atoms with Gasteiger partial charge < -0.3 is 10.2 Å². The average molecular weight is 338 g/mol. The highest BCUT2D eigenvalue weighted by Crippen LogP contribution is 2.39. The van der Waals surface area contributed by atoms with E-state index in [9.17, 15) is 15.0 Å². The van der Waals surface area contributed by atoms with Crippen molar-refractivity contribution < 1.29 is 15.0 Å². The first-order valence-electron chi connectivity index (χ1n) is 8.09. The van der Waals surface area contributed by atoms with Crippen molar-refractivity contribution in [2.24, 2.45) is 0 Å². The summed E-state index contributed by atoms with van der Waals surface area (Å²) in [6.45, 7) is 0. The van der Waals surface area contributed by atoms with E-state index in [1.807, 2.05) is 42.5 Å². The normalized spacial score (nSPS) is 20.0. The molecule has 0 aliphatic heterocycles. The van der Waals surface area contributed by atoms with Crippen molar-refractivity contribution in [1.29, 1.82) is 0 Å². The molecule has 2 N–H and O–H groups in total. The monoisotopic (exact) mass is 338 g/mol. The Balaban J connectivity index is 1.60. The van der Waals surface area contributed by atoms with Crippen LogP contribution in [0.15, 0.2) is 48.5 Å². The number of carbonyl (C=O) groups excluding carboxylic acids is 1. The quantitative estimate of drug-likeness (QED) is 0.707. The average Bonchev–Trinajstić information content (AvgIpc) is 2.92. The van der Waals surface area contributed by atoms with Crippen LogP contribution in [0.4, 0.5) is 0 Å². The number of Topliss-reactive ketones (excluding diaryl/α,β-unsaturated/α-hetero) is 1. The molecule has 24 heavy (non-hydrogen) atoms. The summed E-state index contributed by atoms with van der Waals surface area (Å²) < 4.78 is 0.888. The van der Waals surface area contributed by atoms with Crippen LogP contribution in [0.5, 0.6) is 5.75 Å². The van der Waals surface area contributed by atoms with Crippen molar-refractivity contribution in [2.75, 3.05) is 0 Å². The molecule has 0 spiro atoms. The number of hydrogen-bond donors (Lipinski definition) is 2. The zero-order chi connectivity index (χ0) is 16.7. The number of rotatable bonds is 3. The summed E-state index contributed by atoms with van der Waals surface area (Å²) in [7, 11) is 0. The molecule has 0 bridgehead atoms. The maximum Gasteiger partial charge on any atom is 0.179 e. The van der Waals surface area contributed by atoms with E-state index in [-0.39, 0.29) is 18.0 Å². The van der Waals surface area contributed by atoms with Gasteiger partial charge in [0.25, 0.3) is 0 Å². The number of aromatic hydroxyl groups is 1. The number of aryl methyl sites for hydroxylation is 1. The van der Waals surface area contributed by atoms with Crippen LogP contribution in [0.1, 0.15) is 33.6 Å². The number of aliphatic hydroxyl groups is 1. The van der Waals surface area contributed by atoms with Gasteiger partial charge in [0, 0.05) is 22.9 Å². The van der Waals surface area contributed by atoms with Crippen molar-refractivity contribution in [1.82, 2.24) is 0 Å². The van der Waals surface area contributed by atoms with Crippen molar-refractivity contribution >= 4 is 27.2 Å². The highest BCUT2D eigenvalue weighted by atomic mass is 32.1. The van der Waals surface area contributed by atoms with Crippen LogP contribution < -0.4 is 0 Å². The summed E-state index contributed by atoms with van der Waals surface area (Å²) in [6.07, 6.45) is 1.88. The van der Waals surface area contributed by atoms with Gasteiger partial charge in [0.05, 0.1) is 5.60 Å². The summed E-state index contributed by atoms with van der Waals surface area (Å²) in [5.41, 5.74) is 1.33. The number of fused-ring (bicyclic) bond motifs is 2. The smallest absolute Gasteiger partial charge is 0.179 e. The van der Waals surface area contributed by atoms with E-state index in [1.54, 1.807) is 0 Å². The fourth-order valence-electron chi connectivity index (χ4n) is 3.53. The number of benzene rings is 2. The first kappa shape index (κ1) is 15.4. The van der Waals surface area contributed by atoms with E-state index in [1.165, 1.54) is 16.9 Å². The van der Waals surface area contributed by atoms with Crippen LogP contribution in [-0.4, -0.2) is 21.6 Å². The Morgan fingerprint density at radius 2 is 1.79 bits per heavy atom. The molecule has 0 amide bonds. The first-order chi connectivity index (χ1) is 11.6. The Hall–Kier alpha value is -2.17. The molecule has 3 aromatic rings. The second-order valence-corrected chi connectivity index (χ2v) is 7.60. The SMILES string of the molecule is O=C(CC1(O)CCc2ccccc2C1)c1sc2ccccc2c1O. The van der Waals surface area contributed by atoms with Gasteiger partial charge in [0.15, 0.2) is 5.78 Å². The van der Waals surface area contributed by atoms with Gasteiger partial charge in [-0.3, -0.25) is 4.79 Å². The van der Waals surface area contributed by atoms with Gasteiger partial charge in [-0.1, -0.05) is 36.4 Å². The summed E-state index contributed by atoms with van der Waals surface area (Å²) in [5.74, 6) is -0.143. The summed E-state index contributed by atoms with van der Waals surface area (Å²) in [5, 5.41) is 22.0. The molecular weight excluding hydrogens is 320 g/mol. The number of hydrogen-bond acceptors (Lipinski definition) is 4. The topological polar surface area (TPSA) is 57.5 Å². The Labute approximate surface area is 144 Å². The molecule has 0 saturated heterocycles. The molecule has 0 fully saturated rings. The molecule has 1 aliphatic carbocycles. The molecule has 4 rings (SSSR count). The molecule has 122 valence electrons. The number of thiophene rings is 1. The van der Waals surface area contributed by atoms with Crippen LogP contribution >= 0.6 is 11.3 Å². The molecule has 1 unspecified atom stereocenters. The van der Waals surface area contributed by atoms with Crippen LogP contribution in [0.25, 0.3) is 10.1 Å². The lowest BCUT2D eigenvalue weighted by Crippen LogP contribution is -2.38. The van der Waals surface area contributed by atoms with E-state index in [2.05, 4.69) is 6.07 Å². The molecule has 3 nitrogen and oxygen atoms in total. The molecule has 2 aromatic carbocycles. The lowest BCUT2D eigenvalue weighted by atomic mass is 9.77. The Morgan fingerprint density at radius 1 is 1.08 bits per heavy atom. The standard InChI is InChI=1S/C20H18O3S/c21-16(19-18(22)15-7-3-4-8-17(15)24-19)12-20(23)10-9-13-5-1-2-6-14(13)11-20/h1-8,22-23H,9-12H2. The minimum absolute atomic E-state index is 0.0420. The maximum atomic E-state index is 12.7. The molecule has 1 heterocycles. The zero-order valence-corrected chi connectivity index (χ0v) is 14.0. The molecular formula is C20H18O3S. The van der Waals surface area contributed by atoms with E-state index >= 15 is 0 Å². The van der Waals surface area contributed by atoms with Crippen LogP contribution in [0, 0.1) is 0 Å². The van der Waals surface area contributed by atoms with Crippen molar-refractivity contribution in [3.63, 3.8) is 0 Å². The van der Waals surface area contributed by atoms with Gasteiger partial charge in [-0.25, -0.2) is 0 Å². The van der Waals surface area contributed by atoms with Gasteiger partial charge in [0.2, 0.25) is 0 Å². The Kier molecular flexibility index (Phi) is 3.66. The van der Waals surface area contributed by atoms with Gasteiger partial charge in [-0.15, -0.1) is 11.3 Å². The fraction of sp³-hybridized carbons (Fsp3) is 0.250. The fourth-order valence-corrected chi connectivity index (χ4v) is 4.57. The van der Waals surface area contributed by atoms with Crippen LogP contribution in [0.3, 0.4) is 0 Å². The molecule has 1 atom stereocenters. The Morgan fingerprint density at radius 3 is 2.58 bits per heavy atom. The van der Waals surface area contributed by atoms with E-state index in [0.717, 1.165) is 16.7 Å². The molecule has 4 heteroatoms. The third-order valence-electron chi connectivity index (χ3n) is 4.81. The van der Waals surface area contributed by atoms with Gasteiger partial charge in [-0.05, 0) is 36.1 Å². The number of ketones is 1. The second kappa shape index (κ2) is 5.72. The van der Waals surface area contributed by atoms with Crippen LogP contribution in [0.2, 0.25) is 0 Å². The third-order valence-corrected chi connectivity index (χ3v) is 6.01. The van der Waals surface area contributed by atoms with Gasteiger partial charge >= 0.3 is 0 Å². The summed E-state index contributed by atoms with van der Waals surface area (Å²) in [6, 6.07) is 15.5. The largest absolute Gasteiger partial charge is 0.506 e. The maximum absolute atomic E-state index is 12.7. The number of carbonyl (C=O) groups is 1. The predicted molar refractivity (Wildman–Crippen MR) is 95.9 cm³/mol. The highest BCUT2D eigenvalue weighted by molar-refractivity contribution is 7.21. The zero-order valence-electron chi connectivity index (χ0n) is 13.2. The van der Waals surface area contributed by atoms with E-state index in [0.29, 0.717) is 23.1 Å². The first-order valence-corrected chi connectivity index (χ1v) is 8.90. The minimum Gasteiger partial charge on any atom is -0.506 e. The third kappa shape index (κ3) is 2.62. The van der Waals surface area contributed by atoms with Crippen molar-refractivity contribution in [3.8, 4) is 5.75 Å². The van der Waals surface area contributed by atoms with Gasteiger partial charge in [0.1, 0.15) is 10.6 Å².